The Morgan fingerprint density at radius 3 is 2.68 bits per heavy atom. The highest BCUT2D eigenvalue weighted by Gasteiger charge is 2.17. The van der Waals surface area contributed by atoms with Crippen molar-refractivity contribution in [2.45, 2.75) is 4.90 Å². The number of hydrogen-bond acceptors (Lipinski definition) is 3. The van der Waals surface area contributed by atoms with Crippen molar-refractivity contribution in [3.63, 3.8) is 0 Å². The van der Waals surface area contributed by atoms with Crippen molar-refractivity contribution in [3.05, 3.63) is 52.5 Å². The molecule has 0 N–H and O–H groups in total. The maximum atomic E-state index is 12.6. The summed E-state index contributed by atoms with van der Waals surface area (Å²) in [5, 5.41) is 1.01. The van der Waals surface area contributed by atoms with Gasteiger partial charge in [-0.25, -0.2) is 18.1 Å². The van der Waals surface area contributed by atoms with Gasteiger partial charge in [0, 0.05) is 0 Å². The van der Waals surface area contributed by atoms with Gasteiger partial charge in [-0.2, -0.15) is 0 Å². The van der Waals surface area contributed by atoms with Crippen LogP contribution in [-0.2, 0) is 11.0 Å². The second kappa shape index (κ2) is 5.03. The number of hydrogen-bond donors (Lipinski definition) is 0. The van der Waals surface area contributed by atoms with E-state index in [0.29, 0.717) is 25.7 Å². The van der Waals surface area contributed by atoms with E-state index in [1.807, 2.05) is 18.2 Å². The number of benzene rings is 1. The third-order valence-electron chi connectivity index (χ3n) is 2.57. The van der Waals surface area contributed by atoms with Crippen LogP contribution in [0.25, 0.3) is 11.0 Å². The van der Waals surface area contributed by atoms with Crippen LogP contribution in [0.1, 0.15) is 0 Å². The molecule has 1 atom stereocenters. The van der Waals surface area contributed by atoms with Gasteiger partial charge in [0.15, 0.2) is 16.6 Å². The van der Waals surface area contributed by atoms with E-state index in [4.69, 9.17) is 11.6 Å². The summed E-state index contributed by atoms with van der Waals surface area (Å²) in [6, 6.07) is 10.9. The fourth-order valence-corrected chi connectivity index (χ4v) is 3.82. The SMILES string of the molecule is O=S(c1ccccc1)n1c(Br)cc2c(Cl)ncnc21. The minimum atomic E-state index is -1.39. The molecule has 2 heterocycles. The molecule has 2 aromatic heterocycles. The van der Waals surface area contributed by atoms with E-state index in [2.05, 4.69) is 25.9 Å². The predicted molar refractivity (Wildman–Crippen MR) is 78.5 cm³/mol. The van der Waals surface area contributed by atoms with E-state index in [1.165, 1.54) is 6.33 Å². The summed E-state index contributed by atoms with van der Waals surface area (Å²) >= 11 is 9.39. The molecule has 1 aromatic carbocycles. The molecule has 0 radical (unpaired) electrons. The lowest BCUT2D eigenvalue weighted by molar-refractivity contribution is 0.677. The Kier molecular flexibility index (Phi) is 3.38. The monoisotopic (exact) mass is 355 g/mol. The molecule has 3 aromatic rings. The number of nitrogens with zero attached hydrogens (tertiary/aromatic N) is 3. The Balaban J connectivity index is 2.24. The zero-order valence-electron chi connectivity index (χ0n) is 9.46. The van der Waals surface area contributed by atoms with E-state index < -0.39 is 11.0 Å². The Morgan fingerprint density at radius 1 is 1.21 bits per heavy atom. The third kappa shape index (κ3) is 2.20. The molecular formula is C12H7BrClN3OS. The van der Waals surface area contributed by atoms with Gasteiger partial charge >= 0.3 is 0 Å². The van der Waals surface area contributed by atoms with Crippen LogP contribution in [0.5, 0.6) is 0 Å². The van der Waals surface area contributed by atoms with E-state index in [-0.39, 0.29) is 0 Å². The van der Waals surface area contributed by atoms with Gasteiger partial charge in [0.05, 0.1) is 10.3 Å². The number of fused-ring (bicyclic) bond motifs is 1. The van der Waals surface area contributed by atoms with Gasteiger partial charge in [0.1, 0.15) is 16.1 Å². The summed E-state index contributed by atoms with van der Waals surface area (Å²) in [4.78, 5) is 8.76. The minimum Gasteiger partial charge on any atom is -0.232 e. The second-order valence-corrected chi connectivity index (χ2v) is 6.23. The summed E-state index contributed by atoms with van der Waals surface area (Å²) in [6.45, 7) is 0. The first kappa shape index (κ1) is 12.8. The summed E-state index contributed by atoms with van der Waals surface area (Å²) in [7, 11) is -1.39. The Bertz CT molecular complexity index is 775. The molecule has 0 aliphatic rings. The van der Waals surface area contributed by atoms with Gasteiger partial charge in [-0.05, 0) is 34.1 Å². The smallest absolute Gasteiger partial charge is 0.159 e. The van der Waals surface area contributed by atoms with Crippen LogP contribution in [-0.4, -0.2) is 18.1 Å². The van der Waals surface area contributed by atoms with Crippen LogP contribution in [0.4, 0.5) is 0 Å². The molecule has 0 spiro atoms. The zero-order chi connectivity index (χ0) is 13.4. The number of rotatable bonds is 2. The molecule has 0 aliphatic carbocycles. The van der Waals surface area contributed by atoms with Crippen molar-refractivity contribution in [1.29, 1.82) is 0 Å². The summed E-state index contributed by atoms with van der Waals surface area (Å²) in [6.07, 6.45) is 1.36. The van der Waals surface area contributed by atoms with Crippen molar-refractivity contribution in [1.82, 2.24) is 13.9 Å². The molecular weight excluding hydrogens is 350 g/mol. The highest BCUT2D eigenvalue weighted by atomic mass is 79.9. The number of aromatic nitrogens is 3. The minimum absolute atomic E-state index is 0.342. The molecule has 0 saturated heterocycles. The molecule has 0 fully saturated rings. The quantitative estimate of drug-likeness (QED) is 0.661. The highest BCUT2D eigenvalue weighted by Crippen LogP contribution is 2.28. The molecule has 7 heteroatoms. The average molecular weight is 357 g/mol. The van der Waals surface area contributed by atoms with Gasteiger partial charge in [-0.3, -0.25) is 0 Å². The van der Waals surface area contributed by atoms with Crippen molar-refractivity contribution in [3.8, 4) is 0 Å². The number of halogens is 2. The highest BCUT2D eigenvalue weighted by molar-refractivity contribution is 9.10. The first-order chi connectivity index (χ1) is 9.18. The van der Waals surface area contributed by atoms with Gasteiger partial charge in [0.25, 0.3) is 0 Å². The first-order valence-corrected chi connectivity index (χ1v) is 7.61. The van der Waals surface area contributed by atoms with Gasteiger partial charge in [-0.1, -0.05) is 29.8 Å². The summed E-state index contributed by atoms with van der Waals surface area (Å²) in [5.74, 6) is 0. The molecule has 1 unspecified atom stereocenters. The van der Waals surface area contributed by atoms with Gasteiger partial charge in [-0.15, -0.1) is 0 Å². The van der Waals surface area contributed by atoms with Gasteiger partial charge < -0.3 is 0 Å². The first-order valence-electron chi connectivity index (χ1n) is 5.33. The standard InChI is InChI=1S/C12H7BrClN3OS/c13-10-6-9-11(14)15-7-16-12(9)17(10)19(18)8-4-2-1-3-5-8/h1-7H. The van der Waals surface area contributed by atoms with E-state index >= 15 is 0 Å². The topological polar surface area (TPSA) is 47.8 Å². The lowest BCUT2D eigenvalue weighted by atomic mass is 10.4. The van der Waals surface area contributed by atoms with Gasteiger partial charge in [0.2, 0.25) is 0 Å². The van der Waals surface area contributed by atoms with Crippen LogP contribution < -0.4 is 0 Å². The molecule has 19 heavy (non-hydrogen) atoms. The fraction of sp³-hybridized carbons (Fsp3) is 0. The van der Waals surface area contributed by atoms with Crippen LogP contribution in [0.2, 0.25) is 5.15 Å². The van der Waals surface area contributed by atoms with Crippen molar-refractivity contribution < 1.29 is 4.21 Å². The lowest BCUT2D eigenvalue weighted by Gasteiger charge is -2.05. The zero-order valence-corrected chi connectivity index (χ0v) is 12.6. The van der Waals surface area contributed by atoms with E-state index in [0.717, 1.165) is 0 Å². The third-order valence-corrected chi connectivity index (χ3v) is 5.07. The molecule has 96 valence electrons. The van der Waals surface area contributed by atoms with Crippen LogP contribution in [0.3, 0.4) is 0 Å². The normalized spacial score (nSPS) is 12.7. The maximum absolute atomic E-state index is 12.6. The van der Waals surface area contributed by atoms with Crippen molar-refractivity contribution in [2.24, 2.45) is 0 Å². The molecule has 0 aliphatic heterocycles. The lowest BCUT2D eigenvalue weighted by Crippen LogP contribution is -2.05. The maximum Gasteiger partial charge on any atom is 0.159 e. The Hall–Kier alpha value is -1.24. The van der Waals surface area contributed by atoms with Crippen molar-refractivity contribution in [2.75, 3.05) is 0 Å². The molecule has 0 saturated carbocycles. The van der Waals surface area contributed by atoms with Crippen LogP contribution >= 0.6 is 27.5 Å². The average Bonchev–Trinajstić information content (AvgIpc) is 2.77. The van der Waals surface area contributed by atoms with Crippen LogP contribution in [0.15, 0.2) is 52.2 Å². The second-order valence-electron chi connectivity index (χ2n) is 3.73. The van der Waals surface area contributed by atoms with Crippen molar-refractivity contribution >= 4 is 49.5 Å². The van der Waals surface area contributed by atoms with E-state index in [1.54, 1.807) is 22.2 Å². The predicted octanol–water partition coefficient (Wildman–Crippen LogP) is 3.42. The Morgan fingerprint density at radius 2 is 1.95 bits per heavy atom. The summed E-state index contributed by atoms with van der Waals surface area (Å²) < 4.78 is 14.8. The largest absolute Gasteiger partial charge is 0.232 e. The van der Waals surface area contributed by atoms with E-state index in [9.17, 15) is 4.21 Å². The fourth-order valence-electron chi connectivity index (χ4n) is 1.73. The Labute approximate surface area is 125 Å². The molecule has 0 bridgehead atoms. The molecule has 4 nitrogen and oxygen atoms in total. The summed E-state index contributed by atoms with van der Waals surface area (Å²) in [5.41, 5.74) is 0.536. The molecule has 0 amide bonds. The molecule has 3 rings (SSSR count). The van der Waals surface area contributed by atoms with Crippen LogP contribution in [0, 0.1) is 0 Å².